The van der Waals surface area contributed by atoms with Crippen molar-refractivity contribution in [3.05, 3.63) is 69.8 Å². The number of ether oxygens (including phenoxy) is 1. The first-order valence-electron chi connectivity index (χ1n) is 9.66. The fourth-order valence-electron chi connectivity index (χ4n) is 4.16. The molecule has 4 nitrogen and oxygen atoms in total. The minimum atomic E-state index is -0.186. The number of allylic oxidation sites excluding steroid dienone is 2. The Kier molecular flexibility index (Phi) is 5.36. The van der Waals surface area contributed by atoms with Crippen LogP contribution in [0.25, 0.3) is 0 Å². The van der Waals surface area contributed by atoms with E-state index >= 15 is 0 Å². The van der Waals surface area contributed by atoms with E-state index < -0.39 is 0 Å². The fourth-order valence-corrected chi connectivity index (χ4v) is 4.54. The molecule has 1 amide bonds. The molecule has 1 heterocycles. The molecule has 0 aromatic heterocycles. The van der Waals surface area contributed by atoms with Gasteiger partial charge < -0.3 is 4.74 Å². The van der Waals surface area contributed by atoms with Crippen LogP contribution in [-0.4, -0.2) is 18.3 Å². The molecule has 0 saturated carbocycles. The van der Waals surface area contributed by atoms with Crippen LogP contribution in [0.2, 0.25) is 0 Å². The van der Waals surface area contributed by atoms with Gasteiger partial charge in [0.25, 0.3) is 0 Å². The lowest BCUT2D eigenvalue weighted by atomic mass is 9.77. The van der Waals surface area contributed by atoms with Gasteiger partial charge in [0.15, 0.2) is 5.78 Å². The Morgan fingerprint density at radius 3 is 2.61 bits per heavy atom. The third-order valence-electron chi connectivity index (χ3n) is 5.34. The van der Waals surface area contributed by atoms with Gasteiger partial charge in [-0.25, -0.2) is 0 Å². The molecule has 1 atom stereocenters. The third-order valence-corrected chi connectivity index (χ3v) is 5.83. The summed E-state index contributed by atoms with van der Waals surface area (Å²) < 4.78 is 6.44. The topological polar surface area (TPSA) is 46.6 Å². The summed E-state index contributed by atoms with van der Waals surface area (Å²) in [6.07, 6.45) is 2.37. The van der Waals surface area contributed by atoms with Gasteiger partial charge in [0.05, 0.1) is 6.61 Å². The maximum atomic E-state index is 13.2. The van der Waals surface area contributed by atoms with Crippen molar-refractivity contribution in [2.45, 2.75) is 38.5 Å². The molecule has 5 heteroatoms. The van der Waals surface area contributed by atoms with Gasteiger partial charge >= 0.3 is 0 Å². The molecule has 0 bridgehead atoms. The predicted octanol–water partition coefficient (Wildman–Crippen LogP) is 5.38. The van der Waals surface area contributed by atoms with Crippen LogP contribution in [0.5, 0.6) is 5.75 Å². The molecule has 1 unspecified atom stereocenters. The number of hydrogen-bond donors (Lipinski definition) is 0. The quantitative estimate of drug-likeness (QED) is 0.642. The number of hydrogen-bond acceptors (Lipinski definition) is 3. The zero-order valence-electron chi connectivity index (χ0n) is 15.8. The maximum Gasteiger partial charge on any atom is 0.232 e. The van der Waals surface area contributed by atoms with E-state index in [2.05, 4.69) is 15.9 Å². The van der Waals surface area contributed by atoms with Crippen molar-refractivity contribution < 1.29 is 14.3 Å². The first-order chi connectivity index (χ1) is 13.6. The van der Waals surface area contributed by atoms with E-state index in [0.717, 1.165) is 45.6 Å². The van der Waals surface area contributed by atoms with Gasteiger partial charge in [-0.1, -0.05) is 34.1 Å². The number of anilines is 1. The van der Waals surface area contributed by atoms with Crippen LogP contribution in [0.15, 0.2) is 64.3 Å². The van der Waals surface area contributed by atoms with Crippen molar-refractivity contribution in [1.82, 2.24) is 0 Å². The van der Waals surface area contributed by atoms with Crippen molar-refractivity contribution in [3.63, 3.8) is 0 Å². The van der Waals surface area contributed by atoms with Crippen LogP contribution in [0.3, 0.4) is 0 Å². The van der Waals surface area contributed by atoms with E-state index in [9.17, 15) is 9.59 Å². The molecule has 144 valence electrons. The summed E-state index contributed by atoms with van der Waals surface area (Å²) in [5.74, 6) is 0.806. The Morgan fingerprint density at radius 1 is 1.11 bits per heavy atom. The number of ketones is 1. The molecular formula is C23H22BrNO3. The highest BCUT2D eigenvalue weighted by molar-refractivity contribution is 9.10. The summed E-state index contributed by atoms with van der Waals surface area (Å²) >= 11 is 3.48. The Bertz CT molecular complexity index is 949. The van der Waals surface area contributed by atoms with E-state index in [4.69, 9.17) is 4.74 Å². The van der Waals surface area contributed by atoms with Crippen molar-refractivity contribution in [2.75, 3.05) is 11.5 Å². The second kappa shape index (κ2) is 7.92. The second-order valence-electron chi connectivity index (χ2n) is 7.10. The normalized spacial score (nSPS) is 19.6. The molecule has 0 spiro atoms. The summed E-state index contributed by atoms with van der Waals surface area (Å²) in [6, 6.07) is 15.5. The number of carbonyl (C=O) groups is 2. The van der Waals surface area contributed by atoms with Gasteiger partial charge in [-0.3, -0.25) is 14.5 Å². The Balaban J connectivity index is 1.78. The summed E-state index contributed by atoms with van der Waals surface area (Å²) in [7, 11) is 0. The zero-order valence-corrected chi connectivity index (χ0v) is 17.4. The van der Waals surface area contributed by atoms with Gasteiger partial charge in [-0.05, 0) is 55.7 Å². The molecule has 2 aromatic rings. The summed E-state index contributed by atoms with van der Waals surface area (Å²) in [4.78, 5) is 27.8. The van der Waals surface area contributed by atoms with Crippen LogP contribution < -0.4 is 9.64 Å². The lowest BCUT2D eigenvalue weighted by molar-refractivity contribution is -0.119. The Morgan fingerprint density at radius 2 is 1.89 bits per heavy atom. The fraction of sp³-hybridized carbons (Fsp3) is 0.304. The van der Waals surface area contributed by atoms with Crippen LogP contribution in [0.4, 0.5) is 5.69 Å². The van der Waals surface area contributed by atoms with E-state index in [1.54, 1.807) is 4.90 Å². The number of rotatable bonds is 4. The Labute approximate surface area is 173 Å². The summed E-state index contributed by atoms with van der Waals surface area (Å²) in [5, 5.41) is 0. The van der Waals surface area contributed by atoms with Crippen molar-refractivity contribution >= 4 is 33.3 Å². The predicted molar refractivity (Wildman–Crippen MR) is 112 cm³/mol. The molecule has 1 aliphatic carbocycles. The molecule has 4 rings (SSSR count). The lowest BCUT2D eigenvalue weighted by Gasteiger charge is -2.38. The van der Waals surface area contributed by atoms with Gasteiger partial charge in [0, 0.05) is 40.2 Å². The van der Waals surface area contributed by atoms with Gasteiger partial charge in [-0.2, -0.15) is 0 Å². The zero-order chi connectivity index (χ0) is 19.7. The molecule has 0 radical (unpaired) electrons. The minimum Gasteiger partial charge on any atom is -0.494 e. The average Bonchev–Trinajstić information content (AvgIpc) is 2.68. The minimum absolute atomic E-state index is 0.0328. The Hall–Kier alpha value is -2.40. The van der Waals surface area contributed by atoms with Crippen molar-refractivity contribution in [1.29, 1.82) is 0 Å². The molecular weight excluding hydrogens is 418 g/mol. The summed E-state index contributed by atoms with van der Waals surface area (Å²) in [6.45, 7) is 2.55. The van der Waals surface area contributed by atoms with E-state index in [1.807, 2.05) is 55.5 Å². The number of halogens is 1. The highest BCUT2D eigenvalue weighted by Crippen LogP contribution is 2.43. The first-order valence-corrected chi connectivity index (χ1v) is 10.4. The van der Waals surface area contributed by atoms with Crippen LogP contribution in [0.1, 0.15) is 44.1 Å². The van der Waals surface area contributed by atoms with Gasteiger partial charge in [0.1, 0.15) is 5.75 Å². The third kappa shape index (κ3) is 3.51. The molecule has 28 heavy (non-hydrogen) atoms. The maximum absolute atomic E-state index is 13.2. The number of Topliss-reactive ketones (excluding diaryl/α,β-unsaturated/α-hetero) is 1. The van der Waals surface area contributed by atoms with E-state index in [-0.39, 0.29) is 17.6 Å². The summed E-state index contributed by atoms with van der Waals surface area (Å²) in [5.41, 5.74) is 3.47. The average molecular weight is 440 g/mol. The van der Waals surface area contributed by atoms with Crippen LogP contribution in [0, 0.1) is 0 Å². The molecule has 0 fully saturated rings. The number of carbonyl (C=O) groups excluding carboxylic acids is 2. The monoisotopic (exact) mass is 439 g/mol. The molecule has 0 N–H and O–H groups in total. The second-order valence-corrected chi connectivity index (χ2v) is 8.02. The number of benzene rings is 2. The van der Waals surface area contributed by atoms with E-state index in [1.165, 1.54) is 0 Å². The lowest BCUT2D eigenvalue weighted by Crippen LogP contribution is -2.40. The highest BCUT2D eigenvalue weighted by Gasteiger charge is 2.39. The van der Waals surface area contributed by atoms with E-state index in [0.29, 0.717) is 19.4 Å². The van der Waals surface area contributed by atoms with Crippen molar-refractivity contribution in [3.8, 4) is 5.75 Å². The van der Waals surface area contributed by atoms with Gasteiger partial charge in [-0.15, -0.1) is 0 Å². The standard InChI is InChI=1S/C23H22BrNO3/c1-2-28-18-11-9-15(10-12-18)19-14-22(27)25(17-6-3-5-16(24)13-17)20-7-4-8-21(26)23(19)20/h3,5-6,9-13,19H,2,4,7-8,14H2,1H3. The molecule has 0 saturated heterocycles. The molecule has 2 aliphatic rings. The first kappa shape index (κ1) is 18.9. The van der Waals surface area contributed by atoms with Crippen LogP contribution in [-0.2, 0) is 9.59 Å². The number of amides is 1. The number of nitrogens with zero attached hydrogens (tertiary/aromatic N) is 1. The molecule has 1 aliphatic heterocycles. The van der Waals surface area contributed by atoms with Crippen molar-refractivity contribution in [2.24, 2.45) is 0 Å². The van der Waals surface area contributed by atoms with Gasteiger partial charge in [0.2, 0.25) is 5.91 Å². The SMILES string of the molecule is CCOc1ccc(C2CC(=O)N(c3cccc(Br)c3)C3=C2C(=O)CCC3)cc1. The largest absolute Gasteiger partial charge is 0.494 e. The molecule has 2 aromatic carbocycles. The smallest absolute Gasteiger partial charge is 0.232 e. The van der Waals surface area contributed by atoms with Crippen LogP contribution >= 0.6 is 15.9 Å². The highest BCUT2D eigenvalue weighted by atomic mass is 79.9.